The number of carbonyl (C=O) groups is 1. The van der Waals surface area contributed by atoms with Crippen molar-refractivity contribution >= 4 is 23.0 Å². The molecule has 0 saturated heterocycles. The number of carbonyl (C=O) groups excluding carboxylic acids is 1. The molecule has 2 heterocycles. The van der Waals surface area contributed by atoms with Crippen LogP contribution < -0.4 is 5.32 Å². The van der Waals surface area contributed by atoms with E-state index in [-0.39, 0.29) is 35.1 Å². The van der Waals surface area contributed by atoms with E-state index < -0.39 is 15.8 Å². The Bertz CT molecular complexity index is 1080. The zero-order valence-electron chi connectivity index (χ0n) is 14.9. The number of para-hydroxylation sites is 2. The van der Waals surface area contributed by atoms with Crippen LogP contribution in [0, 0.1) is 34.1 Å². The molecule has 0 unspecified atom stereocenters. The zero-order chi connectivity index (χ0) is 20.4. The summed E-state index contributed by atoms with van der Waals surface area (Å²) in [5.41, 5.74) is 0.440. The number of nitrogens with zero attached hydrogens (tertiary/aromatic N) is 6. The van der Waals surface area contributed by atoms with Gasteiger partial charge in [0.25, 0.3) is 11.6 Å². The molecule has 0 radical (unpaired) electrons. The highest BCUT2D eigenvalue weighted by atomic mass is 16.6. The maximum absolute atomic E-state index is 12.3. The number of nitrogens with one attached hydrogen (secondary N) is 1. The second kappa shape index (κ2) is 7.26. The standard InChI is InChI=1S/C16H15N7O5/c1-10-15(23(27)28)11(2)21(18-10)9-20-8-7-13(19-20)16(24)17-12-5-3-4-6-14(12)22(25)26/h3-8H,9H2,1-2H3,(H,17,24). The van der Waals surface area contributed by atoms with E-state index in [4.69, 9.17) is 0 Å². The third-order valence-corrected chi connectivity index (χ3v) is 4.03. The van der Waals surface area contributed by atoms with Gasteiger partial charge in [-0.3, -0.25) is 29.7 Å². The number of hydrogen-bond acceptors (Lipinski definition) is 7. The van der Waals surface area contributed by atoms with Crippen LogP contribution in [0.2, 0.25) is 0 Å². The number of anilines is 1. The van der Waals surface area contributed by atoms with E-state index in [1.807, 2.05) is 0 Å². The molecule has 12 heteroatoms. The van der Waals surface area contributed by atoms with Crippen LogP contribution in [0.15, 0.2) is 36.5 Å². The molecule has 3 aromatic rings. The first-order valence-corrected chi connectivity index (χ1v) is 8.04. The lowest BCUT2D eigenvalue weighted by atomic mass is 10.2. The molecule has 1 aromatic carbocycles. The third-order valence-electron chi connectivity index (χ3n) is 4.03. The van der Waals surface area contributed by atoms with Gasteiger partial charge in [0, 0.05) is 12.3 Å². The van der Waals surface area contributed by atoms with Gasteiger partial charge in [0.05, 0.1) is 9.85 Å². The van der Waals surface area contributed by atoms with Crippen LogP contribution in [-0.2, 0) is 6.67 Å². The van der Waals surface area contributed by atoms with Gasteiger partial charge in [-0.05, 0) is 26.0 Å². The van der Waals surface area contributed by atoms with Crippen molar-refractivity contribution in [2.45, 2.75) is 20.5 Å². The summed E-state index contributed by atoms with van der Waals surface area (Å²) < 4.78 is 2.79. The average Bonchev–Trinajstić information content (AvgIpc) is 3.20. The van der Waals surface area contributed by atoms with Gasteiger partial charge in [0.2, 0.25) is 0 Å². The monoisotopic (exact) mass is 385 g/mol. The van der Waals surface area contributed by atoms with Gasteiger partial charge < -0.3 is 5.32 Å². The highest BCUT2D eigenvalue weighted by molar-refractivity contribution is 6.04. The number of amides is 1. The lowest BCUT2D eigenvalue weighted by Crippen LogP contribution is -2.16. The number of aryl methyl sites for hydroxylation is 1. The first-order valence-electron chi connectivity index (χ1n) is 8.04. The summed E-state index contributed by atoms with van der Waals surface area (Å²) in [5, 5.41) is 32.8. The molecular weight excluding hydrogens is 370 g/mol. The Hall–Kier alpha value is -4.09. The second-order valence-corrected chi connectivity index (χ2v) is 5.89. The topological polar surface area (TPSA) is 151 Å². The van der Waals surface area contributed by atoms with E-state index in [1.165, 1.54) is 46.7 Å². The van der Waals surface area contributed by atoms with E-state index in [1.54, 1.807) is 13.0 Å². The molecule has 3 rings (SSSR count). The number of rotatable bonds is 6. The van der Waals surface area contributed by atoms with Crippen molar-refractivity contribution in [1.82, 2.24) is 19.6 Å². The minimum Gasteiger partial charge on any atom is -0.315 e. The first kappa shape index (κ1) is 18.7. The maximum atomic E-state index is 12.3. The van der Waals surface area contributed by atoms with Crippen LogP contribution in [0.25, 0.3) is 0 Å². The van der Waals surface area contributed by atoms with Crippen LogP contribution in [0.1, 0.15) is 21.9 Å². The van der Waals surface area contributed by atoms with Crippen LogP contribution in [-0.4, -0.2) is 35.3 Å². The van der Waals surface area contributed by atoms with Crippen molar-refractivity contribution < 1.29 is 14.6 Å². The van der Waals surface area contributed by atoms with Crippen LogP contribution in [0.5, 0.6) is 0 Å². The molecule has 1 N–H and O–H groups in total. The predicted molar refractivity (Wildman–Crippen MR) is 97.0 cm³/mol. The Balaban J connectivity index is 1.78. The lowest BCUT2D eigenvalue weighted by molar-refractivity contribution is -0.386. The second-order valence-electron chi connectivity index (χ2n) is 5.89. The summed E-state index contributed by atoms with van der Waals surface area (Å²) in [6.07, 6.45) is 1.51. The van der Waals surface area contributed by atoms with Crippen molar-refractivity contribution in [1.29, 1.82) is 0 Å². The van der Waals surface area contributed by atoms with Crippen molar-refractivity contribution in [2.75, 3.05) is 5.32 Å². The minimum absolute atomic E-state index is 0.0363. The molecule has 0 aliphatic rings. The molecule has 1 amide bonds. The molecule has 0 fully saturated rings. The van der Waals surface area contributed by atoms with E-state index in [0.717, 1.165) is 0 Å². The van der Waals surface area contributed by atoms with E-state index in [9.17, 15) is 25.0 Å². The summed E-state index contributed by atoms with van der Waals surface area (Å²) in [4.78, 5) is 33.4. The lowest BCUT2D eigenvalue weighted by Gasteiger charge is -2.05. The van der Waals surface area contributed by atoms with E-state index in [0.29, 0.717) is 5.69 Å². The average molecular weight is 385 g/mol. The van der Waals surface area contributed by atoms with Crippen molar-refractivity contribution in [3.63, 3.8) is 0 Å². The SMILES string of the molecule is Cc1nn(Cn2ccc(C(=O)Nc3ccccc3[N+](=O)[O-])n2)c(C)c1[N+](=O)[O-]. The van der Waals surface area contributed by atoms with Gasteiger partial charge in [-0.15, -0.1) is 0 Å². The Morgan fingerprint density at radius 2 is 1.82 bits per heavy atom. The van der Waals surface area contributed by atoms with Gasteiger partial charge in [0.15, 0.2) is 5.69 Å². The highest BCUT2D eigenvalue weighted by Crippen LogP contribution is 2.24. The molecule has 0 aliphatic heterocycles. The Morgan fingerprint density at radius 1 is 1.11 bits per heavy atom. The molecule has 28 heavy (non-hydrogen) atoms. The molecule has 144 valence electrons. The van der Waals surface area contributed by atoms with Gasteiger partial charge in [-0.1, -0.05) is 12.1 Å². The van der Waals surface area contributed by atoms with Crippen molar-refractivity contribution in [3.8, 4) is 0 Å². The molecule has 0 aliphatic carbocycles. The molecule has 0 saturated carbocycles. The van der Waals surface area contributed by atoms with Crippen LogP contribution >= 0.6 is 0 Å². The Morgan fingerprint density at radius 3 is 2.46 bits per heavy atom. The van der Waals surface area contributed by atoms with E-state index in [2.05, 4.69) is 15.5 Å². The molecule has 0 spiro atoms. The molecule has 0 bridgehead atoms. The Labute approximate surface area is 157 Å². The third kappa shape index (κ3) is 3.56. The van der Waals surface area contributed by atoms with Crippen LogP contribution in [0.4, 0.5) is 17.1 Å². The van der Waals surface area contributed by atoms with Gasteiger partial charge in [-0.25, -0.2) is 4.68 Å². The number of nitro benzene ring substituents is 1. The summed E-state index contributed by atoms with van der Waals surface area (Å²) in [6, 6.07) is 7.20. The molecule has 0 atom stereocenters. The van der Waals surface area contributed by atoms with Gasteiger partial charge in [0.1, 0.15) is 23.7 Å². The number of aromatic nitrogens is 4. The van der Waals surface area contributed by atoms with Crippen LogP contribution in [0.3, 0.4) is 0 Å². The fraction of sp³-hybridized carbons (Fsp3) is 0.188. The number of nitro groups is 2. The predicted octanol–water partition coefficient (Wildman–Crippen LogP) is 2.27. The first-order chi connectivity index (χ1) is 13.3. The highest BCUT2D eigenvalue weighted by Gasteiger charge is 2.22. The summed E-state index contributed by atoms with van der Waals surface area (Å²) >= 11 is 0. The summed E-state index contributed by atoms with van der Waals surface area (Å²) in [6.45, 7) is 3.18. The molecule has 12 nitrogen and oxygen atoms in total. The van der Waals surface area contributed by atoms with Gasteiger partial charge in [-0.2, -0.15) is 10.2 Å². The van der Waals surface area contributed by atoms with Crippen molar-refractivity contribution in [2.24, 2.45) is 0 Å². The normalized spacial score (nSPS) is 10.6. The summed E-state index contributed by atoms with van der Waals surface area (Å²) in [5.74, 6) is -0.618. The fourth-order valence-corrected chi connectivity index (χ4v) is 2.71. The minimum atomic E-state index is -0.618. The van der Waals surface area contributed by atoms with E-state index >= 15 is 0 Å². The molecule has 2 aromatic heterocycles. The van der Waals surface area contributed by atoms with Crippen molar-refractivity contribution in [3.05, 3.63) is 73.8 Å². The Kier molecular flexibility index (Phi) is 4.85. The summed E-state index contributed by atoms with van der Waals surface area (Å²) in [7, 11) is 0. The number of benzene rings is 1. The molecular formula is C16H15N7O5. The fourth-order valence-electron chi connectivity index (χ4n) is 2.71. The number of hydrogen-bond donors (Lipinski definition) is 1. The zero-order valence-corrected chi connectivity index (χ0v) is 14.9. The quantitative estimate of drug-likeness (QED) is 0.505. The smallest absolute Gasteiger partial charge is 0.312 e. The van der Waals surface area contributed by atoms with Gasteiger partial charge >= 0.3 is 5.69 Å². The maximum Gasteiger partial charge on any atom is 0.312 e. The largest absolute Gasteiger partial charge is 0.315 e.